The van der Waals surface area contributed by atoms with E-state index in [0.29, 0.717) is 30.2 Å². The third-order valence-corrected chi connectivity index (χ3v) is 7.29. The summed E-state index contributed by atoms with van der Waals surface area (Å²) in [6.45, 7) is 3.87. The van der Waals surface area contributed by atoms with Gasteiger partial charge in [0.05, 0.1) is 5.92 Å². The Labute approximate surface area is 190 Å². The Morgan fingerprint density at radius 1 is 1.25 bits per heavy atom. The number of esters is 1. The molecule has 0 amide bonds. The number of halogens is 1. The van der Waals surface area contributed by atoms with Crippen molar-refractivity contribution in [2.75, 3.05) is 0 Å². The molecular formula is C27H34FNO3. The number of allylic oxidation sites excluding steroid dienone is 5. The van der Waals surface area contributed by atoms with Gasteiger partial charge in [0.25, 0.3) is 0 Å². The SMILES string of the molecule is C.C\C(=C/C=C(N)/C=C/[C@H]1C2CC(=O)CCC2CC2C(=O)OC(C)C21)c1cccc(F)c1. The van der Waals surface area contributed by atoms with Crippen LogP contribution in [0.15, 0.2) is 54.3 Å². The smallest absolute Gasteiger partial charge is 0.309 e. The average Bonchev–Trinajstić information content (AvgIpc) is 3.02. The van der Waals surface area contributed by atoms with Crippen molar-refractivity contribution in [1.29, 1.82) is 0 Å². The van der Waals surface area contributed by atoms with Gasteiger partial charge in [-0.1, -0.05) is 31.7 Å². The molecule has 3 aliphatic rings. The van der Waals surface area contributed by atoms with E-state index in [4.69, 9.17) is 10.5 Å². The van der Waals surface area contributed by atoms with E-state index in [2.05, 4.69) is 6.08 Å². The van der Waals surface area contributed by atoms with Crippen molar-refractivity contribution in [1.82, 2.24) is 0 Å². The van der Waals surface area contributed by atoms with Crippen LogP contribution in [0.2, 0.25) is 0 Å². The lowest BCUT2D eigenvalue weighted by Crippen LogP contribution is -2.44. The zero-order chi connectivity index (χ0) is 22.1. The van der Waals surface area contributed by atoms with Crippen molar-refractivity contribution in [2.24, 2.45) is 35.3 Å². The molecule has 0 spiro atoms. The lowest BCUT2D eigenvalue weighted by molar-refractivity contribution is -0.144. The van der Waals surface area contributed by atoms with Crippen LogP contribution in [-0.2, 0) is 14.3 Å². The summed E-state index contributed by atoms with van der Waals surface area (Å²) in [5.41, 5.74) is 8.53. The lowest BCUT2D eigenvalue weighted by Gasteiger charge is -2.45. The Morgan fingerprint density at radius 2 is 2.03 bits per heavy atom. The van der Waals surface area contributed by atoms with Crippen LogP contribution in [0.1, 0.15) is 52.5 Å². The highest BCUT2D eigenvalue weighted by Crippen LogP contribution is 2.52. The Bertz CT molecular complexity index is 963. The van der Waals surface area contributed by atoms with Gasteiger partial charge in [-0.2, -0.15) is 0 Å². The first-order valence-corrected chi connectivity index (χ1v) is 11.1. The zero-order valence-corrected chi connectivity index (χ0v) is 18.1. The van der Waals surface area contributed by atoms with E-state index in [0.717, 1.165) is 24.0 Å². The molecule has 4 rings (SSSR count). The van der Waals surface area contributed by atoms with Crippen molar-refractivity contribution < 1.29 is 18.7 Å². The van der Waals surface area contributed by atoms with E-state index in [1.807, 2.05) is 32.1 Å². The lowest BCUT2D eigenvalue weighted by atomic mass is 9.57. The number of carbonyl (C=O) groups is 2. The predicted octanol–water partition coefficient (Wildman–Crippen LogP) is 5.45. The second-order valence-electron chi connectivity index (χ2n) is 9.23. The monoisotopic (exact) mass is 439 g/mol. The number of cyclic esters (lactones) is 1. The fourth-order valence-corrected chi connectivity index (χ4v) is 5.71. The zero-order valence-electron chi connectivity index (χ0n) is 18.1. The summed E-state index contributed by atoms with van der Waals surface area (Å²) in [4.78, 5) is 24.6. The van der Waals surface area contributed by atoms with Gasteiger partial charge in [0.1, 0.15) is 17.7 Å². The quantitative estimate of drug-likeness (QED) is 0.500. The number of ketones is 1. The number of hydrogen-bond acceptors (Lipinski definition) is 4. The van der Waals surface area contributed by atoms with Crippen LogP contribution in [0.5, 0.6) is 0 Å². The highest BCUT2D eigenvalue weighted by atomic mass is 19.1. The minimum atomic E-state index is -0.270. The summed E-state index contributed by atoms with van der Waals surface area (Å²) in [5, 5.41) is 0. The van der Waals surface area contributed by atoms with Crippen LogP contribution in [0.25, 0.3) is 5.57 Å². The molecule has 1 aliphatic heterocycles. The minimum absolute atomic E-state index is 0. The topological polar surface area (TPSA) is 69.4 Å². The van der Waals surface area contributed by atoms with Crippen LogP contribution in [0, 0.1) is 35.4 Å². The Hall–Kier alpha value is -2.69. The molecule has 5 heteroatoms. The van der Waals surface area contributed by atoms with Crippen LogP contribution < -0.4 is 5.73 Å². The predicted molar refractivity (Wildman–Crippen MR) is 125 cm³/mol. The highest BCUT2D eigenvalue weighted by Gasteiger charge is 2.54. The average molecular weight is 440 g/mol. The third kappa shape index (κ3) is 4.87. The van der Waals surface area contributed by atoms with Crippen molar-refractivity contribution in [3.8, 4) is 0 Å². The molecule has 172 valence electrons. The largest absolute Gasteiger partial charge is 0.462 e. The molecule has 2 N–H and O–H groups in total. The fraction of sp³-hybridized carbons (Fsp3) is 0.481. The van der Waals surface area contributed by atoms with Crippen molar-refractivity contribution in [2.45, 2.75) is 53.1 Å². The molecule has 32 heavy (non-hydrogen) atoms. The van der Waals surface area contributed by atoms with Crippen molar-refractivity contribution in [3.63, 3.8) is 0 Å². The molecule has 1 aromatic carbocycles. The van der Waals surface area contributed by atoms with Gasteiger partial charge in [0.15, 0.2) is 0 Å². The van der Waals surface area contributed by atoms with Gasteiger partial charge in [-0.05, 0) is 79.9 Å². The Morgan fingerprint density at radius 3 is 2.78 bits per heavy atom. The van der Waals surface area contributed by atoms with E-state index in [9.17, 15) is 14.0 Å². The summed E-state index contributed by atoms with van der Waals surface area (Å²) in [7, 11) is 0. The van der Waals surface area contributed by atoms with Crippen LogP contribution in [0.3, 0.4) is 0 Å². The van der Waals surface area contributed by atoms with Gasteiger partial charge in [0.2, 0.25) is 0 Å². The van der Waals surface area contributed by atoms with Crippen LogP contribution >= 0.6 is 0 Å². The number of rotatable bonds is 4. The standard InChI is InChI=1S/C26H30FNO3.CH4/c1-15(17-4-3-5-19(27)12-17)6-8-20(28)9-11-22-23-14-21(29)10-7-18(23)13-24-25(22)16(2)31-26(24)30;/h3-6,8-9,11-12,16,18,22-25H,7,10,13-14,28H2,1-2H3;1H4/b11-9+,15-6+,20-8-;/t16?,18?,22-,23?,24?,25?;/m0./s1. The molecule has 2 aliphatic carbocycles. The molecule has 0 radical (unpaired) electrons. The van der Waals surface area contributed by atoms with Crippen molar-refractivity contribution >= 4 is 17.3 Å². The van der Waals surface area contributed by atoms with Crippen molar-refractivity contribution in [3.05, 3.63) is 65.6 Å². The first-order chi connectivity index (χ1) is 14.8. The molecular weight excluding hydrogens is 405 g/mol. The summed E-state index contributed by atoms with van der Waals surface area (Å²) in [5.74, 6) is 0.673. The van der Waals surface area contributed by atoms with E-state index >= 15 is 0 Å². The molecule has 6 atom stereocenters. The first kappa shape index (κ1) is 24.0. The molecule has 0 bridgehead atoms. The molecule has 5 unspecified atom stereocenters. The maximum absolute atomic E-state index is 13.4. The number of benzene rings is 1. The fourth-order valence-electron chi connectivity index (χ4n) is 5.71. The summed E-state index contributed by atoms with van der Waals surface area (Å²) in [6.07, 6.45) is 10.4. The number of fused-ring (bicyclic) bond motifs is 2. The molecule has 0 aromatic heterocycles. The molecule has 3 fully saturated rings. The third-order valence-electron chi connectivity index (χ3n) is 7.29. The maximum atomic E-state index is 13.4. The second kappa shape index (κ2) is 9.85. The molecule has 2 saturated carbocycles. The van der Waals surface area contributed by atoms with Gasteiger partial charge in [-0.25, -0.2) is 4.39 Å². The molecule has 1 saturated heterocycles. The van der Waals surface area contributed by atoms with E-state index in [1.54, 1.807) is 12.1 Å². The van der Waals surface area contributed by atoms with E-state index in [-0.39, 0.29) is 49.0 Å². The first-order valence-electron chi connectivity index (χ1n) is 11.1. The van der Waals surface area contributed by atoms with E-state index in [1.165, 1.54) is 12.1 Å². The highest BCUT2D eigenvalue weighted by molar-refractivity contribution is 5.80. The summed E-state index contributed by atoms with van der Waals surface area (Å²) < 4.78 is 19.0. The molecule has 1 aromatic rings. The Balaban J connectivity index is 0.00000289. The van der Waals surface area contributed by atoms with Crippen LogP contribution in [0.4, 0.5) is 4.39 Å². The van der Waals surface area contributed by atoms with Gasteiger partial charge in [0, 0.05) is 24.5 Å². The van der Waals surface area contributed by atoms with Gasteiger partial charge in [-0.3, -0.25) is 9.59 Å². The van der Waals surface area contributed by atoms with Crippen LogP contribution in [-0.4, -0.2) is 17.9 Å². The van der Waals surface area contributed by atoms with Gasteiger partial charge >= 0.3 is 5.97 Å². The second-order valence-corrected chi connectivity index (χ2v) is 9.23. The molecule has 4 nitrogen and oxygen atoms in total. The van der Waals surface area contributed by atoms with Gasteiger partial charge in [-0.15, -0.1) is 0 Å². The minimum Gasteiger partial charge on any atom is -0.462 e. The number of ether oxygens (including phenoxy) is 1. The Kier molecular flexibility index (Phi) is 7.37. The maximum Gasteiger partial charge on any atom is 0.309 e. The number of nitrogens with two attached hydrogens (primary N) is 1. The number of hydrogen-bond donors (Lipinski definition) is 1. The van der Waals surface area contributed by atoms with E-state index < -0.39 is 0 Å². The normalized spacial score (nSPS) is 32.8. The number of Topliss-reactive ketones (excluding diaryl/α,β-unsaturated/α-hetero) is 1. The summed E-state index contributed by atoms with van der Waals surface area (Å²) >= 11 is 0. The molecule has 1 heterocycles. The summed E-state index contributed by atoms with van der Waals surface area (Å²) in [6, 6.07) is 6.45. The van der Waals surface area contributed by atoms with Gasteiger partial charge < -0.3 is 10.5 Å². The number of carbonyl (C=O) groups excluding carboxylic acids is 2.